The zero-order valence-electron chi connectivity index (χ0n) is 11.6. The van der Waals surface area contributed by atoms with Crippen molar-refractivity contribution >= 4 is 0 Å². The monoisotopic (exact) mass is 236 g/mol. The van der Waals surface area contributed by atoms with E-state index in [1.807, 2.05) is 18.3 Å². The van der Waals surface area contributed by atoms with E-state index in [1.54, 1.807) is 7.11 Å². The molecular weight excluding hydrogens is 212 g/mol. The van der Waals surface area contributed by atoms with E-state index in [0.29, 0.717) is 17.2 Å². The van der Waals surface area contributed by atoms with Crippen LogP contribution in [0.1, 0.15) is 33.3 Å². The molecule has 0 saturated heterocycles. The Balaban J connectivity index is 2.35. The van der Waals surface area contributed by atoms with Gasteiger partial charge in [0, 0.05) is 18.8 Å². The SMILES string of the molecule is COc1ccc(CNCC(C)C(C)(C)C)cn1. The number of hydrogen-bond acceptors (Lipinski definition) is 3. The van der Waals surface area contributed by atoms with Crippen LogP contribution in [0.15, 0.2) is 18.3 Å². The van der Waals surface area contributed by atoms with Crippen LogP contribution in [0, 0.1) is 11.3 Å². The van der Waals surface area contributed by atoms with Gasteiger partial charge < -0.3 is 10.1 Å². The average Bonchev–Trinajstić information content (AvgIpc) is 2.28. The lowest BCUT2D eigenvalue weighted by Crippen LogP contribution is -2.29. The Morgan fingerprint density at radius 2 is 2.06 bits per heavy atom. The van der Waals surface area contributed by atoms with Crippen LogP contribution in [0.5, 0.6) is 5.88 Å². The molecule has 0 aromatic carbocycles. The first-order chi connectivity index (χ1) is 7.93. The Labute approximate surface area is 105 Å². The summed E-state index contributed by atoms with van der Waals surface area (Å²) in [7, 11) is 1.63. The smallest absolute Gasteiger partial charge is 0.212 e. The number of pyridine rings is 1. The molecule has 1 aromatic rings. The number of aromatic nitrogens is 1. The fraction of sp³-hybridized carbons (Fsp3) is 0.643. The predicted molar refractivity (Wildman–Crippen MR) is 71.1 cm³/mol. The van der Waals surface area contributed by atoms with Crippen LogP contribution in [0.25, 0.3) is 0 Å². The maximum absolute atomic E-state index is 5.03. The van der Waals surface area contributed by atoms with Crippen molar-refractivity contribution in [1.82, 2.24) is 10.3 Å². The van der Waals surface area contributed by atoms with Crippen molar-refractivity contribution < 1.29 is 4.74 Å². The van der Waals surface area contributed by atoms with E-state index in [1.165, 1.54) is 5.56 Å². The van der Waals surface area contributed by atoms with Crippen molar-refractivity contribution in [1.29, 1.82) is 0 Å². The normalized spacial score (nSPS) is 13.5. The second-order valence-corrected chi connectivity index (χ2v) is 5.61. The van der Waals surface area contributed by atoms with Crippen molar-refractivity contribution in [2.45, 2.75) is 34.2 Å². The van der Waals surface area contributed by atoms with Crippen molar-refractivity contribution in [3.63, 3.8) is 0 Å². The Morgan fingerprint density at radius 1 is 1.35 bits per heavy atom. The van der Waals surface area contributed by atoms with E-state index in [0.717, 1.165) is 13.1 Å². The number of hydrogen-bond donors (Lipinski definition) is 1. The lowest BCUT2D eigenvalue weighted by molar-refractivity contribution is 0.252. The molecule has 1 N–H and O–H groups in total. The molecule has 0 aliphatic heterocycles. The molecule has 3 heteroatoms. The molecule has 0 amide bonds. The molecule has 0 fully saturated rings. The fourth-order valence-electron chi connectivity index (χ4n) is 1.38. The standard InChI is InChI=1S/C14H24N2O/c1-11(14(2,3)4)8-15-9-12-6-7-13(17-5)16-10-12/h6-7,10-11,15H,8-9H2,1-5H3. The van der Waals surface area contributed by atoms with Crippen molar-refractivity contribution in [2.75, 3.05) is 13.7 Å². The van der Waals surface area contributed by atoms with Gasteiger partial charge in [0.1, 0.15) is 0 Å². The maximum atomic E-state index is 5.03. The molecule has 1 aromatic heterocycles. The number of ether oxygens (including phenoxy) is 1. The molecule has 1 unspecified atom stereocenters. The maximum Gasteiger partial charge on any atom is 0.212 e. The highest BCUT2D eigenvalue weighted by Gasteiger charge is 2.18. The molecule has 17 heavy (non-hydrogen) atoms. The van der Waals surface area contributed by atoms with E-state index in [9.17, 15) is 0 Å². The number of nitrogens with zero attached hydrogens (tertiary/aromatic N) is 1. The second-order valence-electron chi connectivity index (χ2n) is 5.61. The van der Waals surface area contributed by atoms with Crippen molar-refractivity contribution in [3.05, 3.63) is 23.9 Å². The van der Waals surface area contributed by atoms with Crippen LogP contribution in [0.3, 0.4) is 0 Å². The highest BCUT2D eigenvalue weighted by atomic mass is 16.5. The first kappa shape index (κ1) is 14.0. The molecule has 1 heterocycles. The quantitative estimate of drug-likeness (QED) is 0.853. The van der Waals surface area contributed by atoms with Crippen LogP contribution in [0.4, 0.5) is 0 Å². The van der Waals surface area contributed by atoms with Crippen LogP contribution < -0.4 is 10.1 Å². The van der Waals surface area contributed by atoms with Crippen LogP contribution in [-0.4, -0.2) is 18.6 Å². The third kappa shape index (κ3) is 4.73. The molecule has 0 radical (unpaired) electrons. The van der Waals surface area contributed by atoms with E-state index in [4.69, 9.17) is 4.74 Å². The molecule has 3 nitrogen and oxygen atoms in total. The number of methoxy groups -OCH3 is 1. The van der Waals surface area contributed by atoms with E-state index < -0.39 is 0 Å². The zero-order chi connectivity index (χ0) is 12.9. The number of rotatable bonds is 5. The Morgan fingerprint density at radius 3 is 2.53 bits per heavy atom. The van der Waals surface area contributed by atoms with E-state index in [-0.39, 0.29) is 0 Å². The fourth-order valence-corrected chi connectivity index (χ4v) is 1.38. The van der Waals surface area contributed by atoms with Gasteiger partial charge in [0.15, 0.2) is 0 Å². The molecule has 0 aliphatic rings. The summed E-state index contributed by atoms with van der Waals surface area (Å²) >= 11 is 0. The second kappa shape index (κ2) is 6.01. The molecule has 0 saturated carbocycles. The Hall–Kier alpha value is -1.09. The van der Waals surface area contributed by atoms with Crippen LogP contribution in [0.2, 0.25) is 0 Å². The Kier molecular flexibility index (Phi) is 4.94. The number of nitrogens with one attached hydrogen (secondary N) is 1. The minimum atomic E-state index is 0.352. The molecule has 0 bridgehead atoms. The lowest BCUT2D eigenvalue weighted by atomic mass is 9.82. The molecule has 1 rings (SSSR count). The van der Waals surface area contributed by atoms with Gasteiger partial charge in [-0.3, -0.25) is 0 Å². The van der Waals surface area contributed by atoms with Gasteiger partial charge in [-0.15, -0.1) is 0 Å². The first-order valence-corrected chi connectivity index (χ1v) is 6.13. The van der Waals surface area contributed by atoms with E-state index in [2.05, 4.69) is 38.0 Å². The summed E-state index contributed by atoms with van der Waals surface area (Å²) < 4.78 is 5.03. The molecule has 0 spiro atoms. The van der Waals surface area contributed by atoms with Gasteiger partial charge in [0.05, 0.1) is 7.11 Å². The van der Waals surface area contributed by atoms with Gasteiger partial charge >= 0.3 is 0 Å². The highest BCUT2D eigenvalue weighted by Crippen LogP contribution is 2.24. The Bertz CT molecular complexity index is 327. The van der Waals surface area contributed by atoms with Gasteiger partial charge in [-0.05, 0) is 23.4 Å². The van der Waals surface area contributed by atoms with Crippen molar-refractivity contribution in [3.8, 4) is 5.88 Å². The molecular formula is C14H24N2O. The highest BCUT2D eigenvalue weighted by molar-refractivity contribution is 5.17. The van der Waals surface area contributed by atoms with Crippen LogP contribution in [-0.2, 0) is 6.54 Å². The molecule has 96 valence electrons. The summed E-state index contributed by atoms with van der Waals surface area (Å²) in [5.74, 6) is 1.31. The summed E-state index contributed by atoms with van der Waals surface area (Å²) in [5, 5.41) is 3.46. The topological polar surface area (TPSA) is 34.1 Å². The summed E-state index contributed by atoms with van der Waals surface area (Å²) in [5.41, 5.74) is 1.54. The summed E-state index contributed by atoms with van der Waals surface area (Å²) in [4.78, 5) is 4.18. The largest absolute Gasteiger partial charge is 0.481 e. The average molecular weight is 236 g/mol. The minimum absolute atomic E-state index is 0.352. The van der Waals surface area contributed by atoms with Gasteiger partial charge in [0.25, 0.3) is 0 Å². The summed E-state index contributed by atoms with van der Waals surface area (Å²) in [6, 6.07) is 3.94. The van der Waals surface area contributed by atoms with Gasteiger partial charge in [-0.2, -0.15) is 0 Å². The van der Waals surface area contributed by atoms with Crippen molar-refractivity contribution in [2.24, 2.45) is 11.3 Å². The summed E-state index contributed by atoms with van der Waals surface area (Å²) in [6.45, 7) is 11.0. The first-order valence-electron chi connectivity index (χ1n) is 6.13. The molecule has 1 atom stereocenters. The predicted octanol–water partition coefficient (Wildman–Crippen LogP) is 2.86. The third-order valence-electron chi connectivity index (χ3n) is 3.26. The minimum Gasteiger partial charge on any atom is -0.481 e. The van der Waals surface area contributed by atoms with Crippen LogP contribution >= 0.6 is 0 Å². The van der Waals surface area contributed by atoms with Gasteiger partial charge in [-0.25, -0.2) is 4.98 Å². The van der Waals surface area contributed by atoms with Gasteiger partial charge in [0.2, 0.25) is 5.88 Å². The molecule has 0 aliphatic carbocycles. The van der Waals surface area contributed by atoms with E-state index >= 15 is 0 Å². The summed E-state index contributed by atoms with van der Waals surface area (Å²) in [6.07, 6.45) is 1.85. The third-order valence-corrected chi connectivity index (χ3v) is 3.26. The zero-order valence-corrected chi connectivity index (χ0v) is 11.6. The lowest BCUT2D eigenvalue weighted by Gasteiger charge is -2.27. The van der Waals surface area contributed by atoms with Gasteiger partial charge in [-0.1, -0.05) is 33.8 Å².